The fourth-order valence-corrected chi connectivity index (χ4v) is 3.75. The zero-order chi connectivity index (χ0) is 17.1. The van der Waals surface area contributed by atoms with Crippen molar-refractivity contribution < 1.29 is 19.4 Å². The molecule has 1 heterocycles. The summed E-state index contributed by atoms with van der Waals surface area (Å²) in [7, 11) is 1.57. The van der Waals surface area contributed by atoms with E-state index in [4.69, 9.17) is 4.74 Å². The van der Waals surface area contributed by atoms with Crippen molar-refractivity contribution >= 4 is 11.8 Å². The van der Waals surface area contributed by atoms with Crippen LogP contribution in [0.25, 0.3) is 0 Å². The Bertz CT molecular complexity index is 619. The van der Waals surface area contributed by atoms with Gasteiger partial charge in [-0.05, 0) is 31.0 Å². The largest absolute Gasteiger partial charge is 0.393 e. The van der Waals surface area contributed by atoms with Gasteiger partial charge in [-0.2, -0.15) is 0 Å². The van der Waals surface area contributed by atoms with Gasteiger partial charge in [-0.15, -0.1) is 0 Å². The topological polar surface area (TPSA) is 78.9 Å². The van der Waals surface area contributed by atoms with E-state index in [9.17, 15) is 14.7 Å². The van der Waals surface area contributed by atoms with Gasteiger partial charge in [0.25, 0.3) is 11.8 Å². The number of nitrogens with zero attached hydrogens (tertiary/aromatic N) is 1. The number of rotatable bonds is 3. The maximum atomic E-state index is 13.0. The first-order valence-corrected chi connectivity index (χ1v) is 8.50. The van der Waals surface area contributed by atoms with Crippen LogP contribution in [-0.4, -0.2) is 60.8 Å². The van der Waals surface area contributed by atoms with Crippen LogP contribution in [0.3, 0.4) is 0 Å². The molecular formula is C18H24N2O4. The lowest BCUT2D eigenvalue weighted by molar-refractivity contribution is -0.0383. The van der Waals surface area contributed by atoms with E-state index in [0.29, 0.717) is 30.9 Å². The van der Waals surface area contributed by atoms with E-state index < -0.39 is 0 Å². The van der Waals surface area contributed by atoms with Crippen molar-refractivity contribution in [3.63, 3.8) is 0 Å². The van der Waals surface area contributed by atoms with Gasteiger partial charge in [0.2, 0.25) is 0 Å². The number of hydrogen-bond donors (Lipinski definition) is 2. The standard InChI is InChI=1S/C18H24N2O4/c1-19-17(22)12-4-2-5-13(10-12)18(23)20-8-9-24-11-15(20)14-6-3-7-16(14)21/h2,4-5,10,14-16,21H,3,6-9,11H2,1H3,(H,19,22). The van der Waals surface area contributed by atoms with Gasteiger partial charge < -0.3 is 20.1 Å². The first-order chi connectivity index (χ1) is 11.6. The molecule has 6 nitrogen and oxygen atoms in total. The highest BCUT2D eigenvalue weighted by molar-refractivity contribution is 5.99. The summed E-state index contributed by atoms with van der Waals surface area (Å²) in [5.74, 6) is -0.251. The van der Waals surface area contributed by atoms with E-state index in [1.54, 1.807) is 31.3 Å². The number of morpholine rings is 1. The molecule has 24 heavy (non-hydrogen) atoms. The number of carbonyl (C=O) groups is 2. The number of nitrogens with one attached hydrogen (secondary N) is 1. The summed E-state index contributed by atoms with van der Waals surface area (Å²) < 4.78 is 5.57. The van der Waals surface area contributed by atoms with Crippen LogP contribution in [0.1, 0.15) is 40.0 Å². The van der Waals surface area contributed by atoms with Crippen molar-refractivity contribution in [1.82, 2.24) is 10.2 Å². The predicted octanol–water partition coefficient (Wildman–Crippen LogP) is 1.05. The molecule has 3 rings (SSSR count). The van der Waals surface area contributed by atoms with Crippen LogP contribution in [0, 0.1) is 5.92 Å². The minimum atomic E-state index is -0.371. The Labute approximate surface area is 141 Å². The van der Waals surface area contributed by atoms with Gasteiger partial charge in [-0.25, -0.2) is 0 Å². The van der Waals surface area contributed by atoms with Gasteiger partial charge in [-0.1, -0.05) is 12.5 Å². The molecule has 1 saturated heterocycles. The summed E-state index contributed by atoms with van der Waals surface area (Å²) in [6, 6.07) is 6.66. The Hall–Kier alpha value is -1.92. The van der Waals surface area contributed by atoms with E-state index in [-0.39, 0.29) is 29.9 Å². The lowest BCUT2D eigenvalue weighted by atomic mass is 9.93. The lowest BCUT2D eigenvalue weighted by Crippen LogP contribution is -2.53. The highest BCUT2D eigenvalue weighted by Gasteiger charge is 2.39. The molecule has 1 aliphatic heterocycles. The van der Waals surface area contributed by atoms with Crippen molar-refractivity contribution in [1.29, 1.82) is 0 Å². The van der Waals surface area contributed by atoms with Gasteiger partial charge in [-0.3, -0.25) is 9.59 Å². The Kier molecular flexibility index (Phi) is 5.16. The minimum absolute atomic E-state index is 0.0661. The molecule has 3 unspecified atom stereocenters. The van der Waals surface area contributed by atoms with Crippen LogP contribution in [-0.2, 0) is 4.74 Å². The molecule has 1 aromatic rings. The molecule has 0 aromatic heterocycles. The minimum Gasteiger partial charge on any atom is -0.393 e. The Morgan fingerprint density at radius 1 is 1.29 bits per heavy atom. The summed E-state index contributed by atoms with van der Waals surface area (Å²) in [5, 5.41) is 12.8. The second-order valence-electron chi connectivity index (χ2n) is 6.46. The molecule has 0 spiro atoms. The Morgan fingerprint density at radius 3 is 2.79 bits per heavy atom. The molecule has 130 valence electrons. The molecule has 1 aliphatic carbocycles. The second kappa shape index (κ2) is 7.32. The van der Waals surface area contributed by atoms with Crippen molar-refractivity contribution in [3.05, 3.63) is 35.4 Å². The first-order valence-electron chi connectivity index (χ1n) is 8.50. The van der Waals surface area contributed by atoms with Gasteiger partial charge in [0.05, 0.1) is 25.4 Å². The third-order valence-electron chi connectivity index (χ3n) is 5.05. The molecule has 1 aromatic carbocycles. The Morgan fingerprint density at radius 2 is 2.08 bits per heavy atom. The molecule has 2 amide bonds. The highest BCUT2D eigenvalue weighted by atomic mass is 16.5. The molecule has 6 heteroatoms. The van der Waals surface area contributed by atoms with E-state index in [2.05, 4.69) is 5.32 Å². The Balaban J connectivity index is 1.83. The third-order valence-corrected chi connectivity index (χ3v) is 5.05. The van der Waals surface area contributed by atoms with Crippen molar-refractivity contribution in [2.75, 3.05) is 26.8 Å². The monoisotopic (exact) mass is 332 g/mol. The van der Waals surface area contributed by atoms with E-state index in [0.717, 1.165) is 19.3 Å². The van der Waals surface area contributed by atoms with Gasteiger partial charge in [0.15, 0.2) is 0 Å². The van der Waals surface area contributed by atoms with E-state index >= 15 is 0 Å². The van der Waals surface area contributed by atoms with E-state index in [1.807, 2.05) is 4.90 Å². The van der Waals surface area contributed by atoms with Crippen LogP contribution >= 0.6 is 0 Å². The highest BCUT2D eigenvalue weighted by Crippen LogP contribution is 2.32. The van der Waals surface area contributed by atoms with Crippen LogP contribution in [0.4, 0.5) is 0 Å². The summed E-state index contributed by atoms with van der Waals surface area (Å²) in [6.07, 6.45) is 2.31. The van der Waals surface area contributed by atoms with Gasteiger partial charge in [0.1, 0.15) is 0 Å². The van der Waals surface area contributed by atoms with Crippen molar-refractivity contribution in [2.45, 2.75) is 31.4 Å². The van der Waals surface area contributed by atoms with Gasteiger partial charge in [0, 0.05) is 30.6 Å². The second-order valence-corrected chi connectivity index (χ2v) is 6.46. The smallest absolute Gasteiger partial charge is 0.254 e. The van der Waals surface area contributed by atoms with Crippen molar-refractivity contribution in [2.24, 2.45) is 5.92 Å². The number of aliphatic hydroxyl groups excluding tert-OH is 1. The fourth-order valence-electron chi connectivity index (χ4n) is 3.75. The first kappa shape index (κ1) is 16.9. The molecule has 1 saturated carbocycles. The van der Waals surface area contributed by atoms with Crippen LogP contribution in [0.5, 0.6) is 0 Å². The zero-order valence-electron chi connectivity index (χ0n) is 13.9. The van der Waals surface area contributed by atoms with E-state index in [1.165, 1.54) is 0 Å². The molecule has 2 fully saturated rings. The lowest BCUT2D eigenvalue weighted by Gasteiger charge is -2.40. The molecule has 3 atom stereocenters. The average molecular weight is 332 g/mol. The maximum absolute atomic E-state index is 13.0. The number of hydrogen-bond acceptors (Lipinski definition) is 4. The molecular weight excluding hydrogens is 308 g/mol. The third kappa shape index (κ3) is 3.30. The fraction of sp³-hybridized carbons (Fsp3) is 0.556. The maximum Gasteiger partial charge on any atom is 0.254 e. The molecule has 0 radical (unpaired) electrons. The average Bonchev–Trinajstić information content (AvgIpc) is 3.06. The number of ether oxygens (including phenoxy) is 1. The number of aliphatic hydroxyl groups is 1. The summed E-state index contributed by atoms with van der Waals surface area (Å²) >= 11 is 0. The number of carbonyl (C=O) groups excluding carboxylic acids is 2. The number of amides is 2. The van der Waals surface area contributed by atoms with Gasteiger partial charge >= 0.3 is 0 Å². The normalized spacial score (nSPS) is 27.1. The summed E-state index contributed by atoms with van der Waals surface area (Å²) in [6.45, 7) is 1.47. The molecule has 2 aliphatic rings. The van der Waals surface area contributed by atoms with Crippen molar-refractivity contribution in [3.8, 4) is 0 Å². The van der Waals surface area contributed by atoms with Crippen LogP contribution in [0.15, 0.2) is 24.3 Å². The predicted molar refractivity (Wildman–Crippen MR) is 88.8 cm³/mol. The molecule has 0 bridgehead atoms. The SMILES string of the molecule is CNC(=O)c1cccc(C(=O)N2CCOCC2C2CCCC2O)c1. The molecule has 2 N–H and O–H groups in total. The summed E-state index contributed by atoms with van der Waals surface area (Å²) in [4.78, 5) is 26.6. The zero-order valence-corrected chi connectivity index (χ0v) is 13.9. The summed E-state index contributed by atoms with van der Waals surface area (Å²) in [5.41, 5.74) is 0.963. The number of benzene rings is 1. The van der Waals surface area contributed by atoms with Crippen LogP contribution < -0.4 is 5.32 Å². The van der Waals surface area contributed by atoms with Crippen LogP contribution in [0.2, 0.25) is 0 Å². The quantitative estimate of drug-likeness (QED) is 0.867.